The van der Waals surface area contributed by atoms with E-state index in [2.05, 4.69) is 21.8 Å². The van der Waals surface area contributed by atoms with Crippen LogP contribution in [-0.2, 0) is 17.6 Å². The Bertz CT molecular complexity index is 425. The average molecular weight is 269 g/mol. The van der Waals surface area contributed by atoms with E-state index in [1.807, 2.05) is 6.92 Å². The Morgan fingerprint density at radius 1 is 1.39 bits per heavy atom. The molecule has 1 aliphatic heterocycles. The quantitative estimate of drug-likeness (QED) is 0.886. The van der Waals surface area contributed by atoms with E-state index in [4.69, 9.17) is 5.11 Å². The number of aryl methyl sites for hydroxylation is 1. The summed E-state index contributed by atoms with van der Waals surface area (Å²) in [5.74, 6) is -0.779. The van der Waals surface area contributed by atoms with E-state index in [0.29, 0.717) is 0 Å². The maximum Gasteiger partial charge on any atom is 0.308 e. The molecule has 1 N–H and O–H groups in total. The van der Waals surface area contributed by atoms with Gasteiger partial charge in [-0.3, -0.25) is 4.79 Å². The van der Waals surface area contributed by atoms with Crippen molar-refractivity contribution in [1.29, 1.82) is 0 Å². The molecule has 1 aromatic rings. The zero-order chi connectivity index (χ0) is 13.1. The van der Waals surface area contributed by atoms with Crippen molar-refractivity contribution in [2.24, 2.45) is 0 Å². The van der Waals surface area contributed by atoms with Crippen LogP contribution in [0.2, 0.25) is 0 Å². The third-order valence-electron chi connectivity index (χ3n) is 3.19. The first-order valence-electron chi connectivity index (χ1n) is 6.24. The van der Waals surface area contributed by atoms with Gasteiger partial charge in [-0.15, -0.1) is 11.3 Å². The lowest BCUT2D eigenvalue weighted by molar-refractivity contribution is -0.136. The van der Waals surface area contributed by atoms with E-state index in [0.717, 1.165) is 48.3 Å². The minimum absolute atomic E-state index is 0.0918. The van der Waals surface area contributed by atoms with Crippen LogP contribution < -0.4 is 4.90 Å². The SMILES string of the molecule is CCc1nc(N2CCN(C)CC2)sc1CC(=O)O. The first-order valence-corrected chi connectivity index (χ1v) is 7.05. The summed E-state index contributed by atoms with van der Waals surface area (Å²) in [6.45, 7) is 6.04. The molecule has 2 rings (SSSR count). The number of aromatic nitrogens is 1. The Labute approximate surface area is 111 Å². The molecule has 18 heavy (non-hydrogen) atoms. The lowest BCUT2D eigenvalue weighted by Crippen LogP contribution is -2.44. The molecule has 100 valence electrons. The molecule has 1 aromatic heterocycles. The van der Waals surface area contributed by atoms with E-state index in [1.54, 1.807) is 0 Å². The number of carbonyl (C=O) groups is 1. The summed E-state index contributed by atoms with van der Waals surface area (Å²) < 4.78 is 0. The van der Waals surface area contributed by atoms with E-state index in [-0.39, 0.29) is 6.42 Å². The number of aliphatic carboxylic acids is 1. The zero-order valence-electron chi connectivity index (χ0n) is 10.8. The third-order valence-corrected chi connectivity index (χ3v) is 4.35. The fourth-order valence-electron chi connectivity index (χ4n) is 2.05. The lowest BCUT2D eigenvalue weighted by atomic mass is 10.2. The molecule has 0 radical (unpaired) electrons. The number of carboxylic acids is 1. The van der Waals surface area contributed by atoms with E-state index in [9.17, 15) is 4.79 Å². The minimum Gasteiger partial charge on any atom is -0.481 e. The summed E-state index contributed by atoms with van der Waals surface area (Å²) in [5.41, 5.74) is 0.941. The fourth-order valence-corrected chi connectivity index (χ4v) is 3.25. The number of anilines is 1. The first-order chi connectivity index (χ1) is 8.60. The van der Waals surface area contributed by atoms with Gasteiger partial charge in [0.1, 0.15) is 0 Å². The predicted octanol–water partition coefficient (Wildman–Crippen LogP) is 1.08. The van der Waals surface area contributed by atoms with Crippen LogP contribution in [0.3, 0.4) is 0 Å². The van der Waals surface area contributed by atoms with Gasteiger partial charge in [0.2, 0.25) is 0 Å². The van der Waals surface area contributed by atoms with Crippen molar-refractivity contribution < 1.29 is 9.90 Å². The fraction of sp³-hybridized carbons (Fsp3) is 0.667. The van der Waals surface area contributed by atoms with Crippen LogP contribution in [0.5, 0.6) is 0 Å². The second-order valence-corrected chi connectivity index (χ2v) is 5.64. The smallest absolute Gasteiger partial charge is 0.308 e. The largest absolute Gasteiger partial charge is 0.481 e. The van der Waals surface area contributed by atoms with E-state index >= 15 is 0 Å². The van der Waals surface area contributed by atoms with Gasteiger partial charge < -0.3 is 14.9 Å². The summed E-state index contributed by atoms with van der Waals surface area (Å²) in [5, 5.41) is 9.88. The molecule has 1 aliphatic rings. The van der Waals surface area contributed by atoms with Crippen LogP contribution in [0.15, 0.2) is 0 Å². The highest BCUT2D eigenvalue weighted by Crippen LogP contribution is 2.28. The van der Waals surface area contributed by atoms with Crippen molar-refractivity contribution in [2.45, 2.75) is 19.8 Å². The van der Waals surface area contributed by atoms with Gasteiger partial charge in [0.25, 0.3) is 0 Å². The molecular formula is C12H19N3O2S. The monoisotopic (exact) mass is 269 g/mol. The van der Waals surface area contributed by atoms with Crippen LogP contribution >= 0.6 is 11.3 Å². The maximum atomic E-state index is 10.8. The van der Waals surface area contributed by atoms with E-state index in [1.165, 1.54) is 11.3 Å². The highest BCUT2D eigenvalue weighted by Gasteiger charge is 2.20. The number of hydrogen-bond acceptors (Lipinski definition) is 5. The van der Waals surface area contributed by atoms with Gasteiger partial charge in [0, 0.05) is 31.1 Å². The molecule has 5 nitrogen and oxygen atoms in total. The van der Waals surface area contributed by atoms with Crippen molar-refractivity contribution >= 4 is 22.4 Å². The average Bonchev–Trinajstić information content (AvgIpc) is 2.72. The summed E-state index contributed by atoms with van der Waals surface area (Å²) in [7, 11) is 2.12. The van der Waals surface area contributed by atoms with Gasteiger partial charge in [-0.2, -0.15) is 0 Å². The molecule has 0 saturated carbocycles. The van der Waals surface area contributed by atoms with Crippen LogP contribution in [0, 0.1) is 0 Å². The Hall–Kier alpha value is -1.14. The molecule has 6 heteroatoms. The Morgan fingerprint density at radius 2 is 2.06 bits per heavy atom. The lowest BCUT2D eigenvalue weighted by Gasteiger charge is -2.32. The van der Waals surface area contributed by atoms with E-state index < -0.39 is 5.97 Å². The van der Waals surface area contributed by atoms with Gasteiger partial charge in [0.05, 0.1) is 12.1 Å². The van der Waals surface area contributed by atoms with Gasteiger partial charge in [0.15, 0.2) is 5.13 Å². The Kier molecular flexibility index (Phi) is 4.19. The summed E-state index contributed by atoms with van der Waals surface area (Å²) in [6.07, 6.45) is 0.890. The molecule has 0 aromatic carbocycles. The number of hydrogen-bond donors (Lipinski definition) is 1. The third kappa shape index (κ3) is 3.00. The van der Waals surface area contributed by atoms with Crippen LogP contribution in [0.25, 0.3) is 0 Å². The first kappa shape index (κ1) is 13.3. The molecule has 0 aliphatic carbocycles. The topological polar surface area (TPSA) is 56.7 Å². The van der Waals surface area contributed by atoms with Crippen molar-refractivity contribution in [2.75, 3.05) is 38.1 Å². The number of nitrogens with zero attached hydrogens (tertiary/aromatic N) is 3. The highest BCUT2D eigenvalue weighted by molar-refractivity contribution is 7.15. The minimum atomic E-state index is -0.779. The van der Waals surface area contributed by atoms with Crippen LogP contribution in [0.4, 0.5) is 5.13 Å². The summed E-state index contributed by atoms with van der Waals surface area (Å²) >= 11 is 1.54. The summed E-state index contributed by atoms with van der Waals surface area (Å²) in [4.78, 5) is 20.9. The summed E-state index contributed by atoms with van der Waals surface area (Å²) in [6, 6.07) is 0. The van der Waals surface area contributed by atoms with Crippen molar-refractivity contribution in [3.8, 4) is 0 Å². The predicted molar refractivity (Wildman–Crippen MR) is 72.5 cm³/mol. The molecular weight excluding hydrogens is 250 g/mol. The second-order valence-electron chi connectivity index (χ2n) is 4.58. The molecule has 0 amide bonds. The normalized spacial score (nSPS) is 17.1. The number of likely N-dealkylation sites (N-methyl/N-ethyl adjacent to an activating group) is 1. The Morgan fingerprint density at radius 3 is 2.61 bits per heavy atom. The maximum absolute atomic E-state index is 10.8. The van der Waals surface area contributed by atoms with Gasteiger partial charge in [-0.25, -0.2) is 4.98 Å². The van der Waals surface area contributed by atoms with Gasteiger partial charge >= 0.3 is 5.97 Å². The second kappa shape index (κ2) is 5.67. The van der Waals surface area contributed by atoms with Crippen molar-refractivity contribution in [3.05, 3.63) is 10.6 Å². The number of carboxylic acid groups (broad SMARTS) is 1. The zero-order valence-corrected chi connectivity index (χ0v) is 11.7. The highest BCUT2D eigenvalue weighted by atomic mass is 32.1. The molecule has 0 unspecified atom stereocenters. The number of rotatable bonds is 4. The molecule has 0 bridgehead atoms. The molecule has 0 atom stereocenters. The molecule has 1 saturated heterocycles. The molecule has 0 spiro atoms. The van der Waals surface area contributed by atoms with Gasteiger partial charge in [-0.05, 0) is 13.5 Å². The van der Waals surface area contributed by atoms with Gasteiger partial charge in [-0.1, -0.05) is 6.92 Å². The number of thiazole rings is 1. The van der Waals surface area contributed by atoms with Crippen LogP contribution in [0.1, 0.15) is 17.5 Å². The van der Waals surface area contributed by atoms with Crippen LogP contribution in [-0.4, -0.2) is 54.2 Å². The molecule has 2 heterocycles. The standard InChI is InChI=1S/C12H19N3O2S/c1-3-9-10(8-11(16)17)18-12(13-9)15-6-4-14(2)5-7-15/h3-8H2,1-2H3,(H,16,17). The Balaban J connectivity index is 2.13. The van der Waals surface area contributed by atoms with Crippen molar-refractivity contribution in [1.82, 2.24) is 9.88 Å². The number of piperazine rings is 1. The van der Waals surface area contributed by atoms with Crippen molar-refractivity contribution in [3.63, 3.8) is 0 Å². The molecule has 1 fully saturated rings.